The van der Waals surface area contributed by atoms with Gasteiger partial charge in [0.05, 0.1) is 5.69 Å². The third kappa shape index (κ3) is 2.51. The Kier molecular flexibility index (Phi) is 3.53. The maximum Gasteiger partial charge on any atom is 0.292 e. The van der Waals surface area contributed by atoms with Gasteiger partial charge in [-0.1, -0.05) is 24.3 Å². The first-order valence-corrected chi connectivity index (χ1v) is 6.42. The molecule has 0 bridgehead atoms. The van der Waals surface area contributed by atoms with E-state index in [1.54, 1.807) is 24.3 Å². The molecule has 0 fully saturated rings. The third-order valence-electron chi connectivity index (χ3n) is 3.04. The third-order valence-corrected chi connectivity index (χ3v) is 3.04. The maximum atomic E-state index is 13.5. The van der Waals surface area contributed by atoms with E-state index in [0.29, 0.717) is 5.56 Å². The number of para-hydroxylation sites is 1. The van der Waals surface area contributed by atoms with Crippen molar-refractivity contribution in [1.29, 1.82) is 0 Å². The van der Waals surface area contributed by atoms with Crippen molar-refractivity contribution < 1.29 is 9.50 Å². The molecule has 3 aromatic rings. The van der Waals surface area contributed by atoms with Crippen molar-refractivity contribution in [3.63, 3.8) is 0 Å². The van der Waals surface area contributed by atoms with Crippen molar-refractivity contribution in [1.82, 2.24) is 10.2 Å². The minimum absolute atomic E-state index is 0.0138. The summed E-state index contributed by atoms with van der Waals surface area (Å²) >= 11 is 0. The summed E-state index contributed by atoms with van der Waals surface area (Å²) in [4.78, 5) is 11.8. The van der Waals surface area contributed by atoms with Crippen molar-refractivity contribution in [3.05, 3.63) is 64.7 Å². The Morgan fingerprint density at radius 3 is 2.45 bits per heavy atom. The first-order chi connectivity index (χ1) is 10.7. The van der Waals surface area contributed by atoms with E-state index in [9.17, 15) is 14.3 Å². The lowest BCUT2D eigenvalue weighted by Crippen LogP contribution is -1.96. The molecule has 0 aliphatic carbocycles. The zero-order valence-corrected chi connectivity index (χ0v) is 11.2. The number of halogens is 1. The zero-order valence-electron chi connectivity index (χ0n) is 11.2. The normalized spacial score (nSPS) is 11.1. The second-order valence-electron chi connectivity index (χ2n) is 4.47. The number of aromatic nitrogens is 2. The van der Waals surface area contributed by atoms with Gasteiger partial charge in [-0.15, -0.1) is 10.2 Å². The molecule has 0 radical (unpaired) electrons. The summed E-state index contributed by atoms with van der Waals surface area (Å²) in [6, 6.07) is 12.3. The molecule has 3 rings (SSSR count). The molecule has 0 atom stereocenters. The van der Waals surface area contributed by atoms with Crippen molar-refractivity contribution in [2.75, 3.05) is 0 Å². The monoisotopic (exact) mass is 298 g/mol. The molecule has 0 spiro atoms. The lowest BCUT2D eigenvalue weighted by atomic mass is 10.1. The summed E-state index contributed by atoms with van der Waals surface area (Å²) < 4.78 is 13.5. The number of H-pyrrole nitrogens is 2. The van der Waals surface area contributed by atoms with Crippen LogP contribution in [0.1, 0.15) is 0 Å². The number of hydrogen-bond acceptors (Lipinski definition) is 4. The van der Waals surface area contributed by atoms with Gasteiger partial charge in [0.25, 0.3) is 5.56 Å². The first-order valence-electron chi connectivity index (χ1n) is 6.42. The van der Waals surface area contributed by atoms with Gasteiger partial charge in [-0.05, 0) is 24.3 Å². The minimum Gasteiger partial charge on any atom is -0.507 e. The summed E-state index contributed by atoms with van der Waals surface area (Å²) in [5.41, 5.74) is 0.140. The van der Waals surface area contributed by atoms with Gasteiger partial charge in [-0.3, -0.25) is 15.0 Å². The SMILES string of the molecule is O=c1[nH][nH]c(-c2ccccc2O)c1N=Nc1ccccc1F. The molecular formula is C15H11FN4O2. The fraction of sp³-hybridized carbons (Fsp3) is 0. The molecule has 7 heteroatoms. The Hall–Kier alpha value is -3.22. The summed E-state index contributed by atoms with van der Waals surface area (Å²) in [5, 5.41) is 22.4. The molecule has 0 unspecified atom stereocenters. The smallest absolute Gasteiger partial charge is 0.292 e. The number of aromatic amines is 2. The van der Waals surface area contributed by atoms with Crippen LogP contribution in [0.25, 0.3) is 11.3 Å². The quantitative estimate of drug-likeness (QED) is 0.644. The number of phenols is 1. The number of aromatic hydroxyl groups is 1. The molecule has 6 nitrogen and oxygen atoms in total. The van der Waals surface area contributed by atoms with Crippen LogP contribution in [0.15, 0.2) is 63.6 Å². The predicted molar refractivity (Wildman–Crippen MR) is 79.1 cm³/mol. The predicted octanol–water partition coefficient (Wildman–Crippen LogP) is 3.63. The highest BCUT2D eigenvalue weighted by atomic mass is 19.1. The molecule has 0 saturated carbocycles. The Bertz CT molecular complexity index is 898. The van der Waals surface area contributed by atoms with Crippen LogP contribution in [0, 0.1) is 5.82 Å². The number of nitrogens with one attached hydrogen (secondary N) is 2. The van der Waals surface area contributed by atoms with Crippen LogP contribution in [0.4, 0.5) is 15.8 Å². The molecule has 110 valence electrons. The van der Waals surface area contributed by atoms with E-state index < -0.39 is 11.4 Å². The Labute approximate surface area is 124 Å². The number of azo groups is 1. The average molecular weight is 298 g/mol. The van der Waals surface area contributed by atoms with Crippen LogP contribution in [0.2, 0.25) is 0 Å². The summed E-state index contributed by atoms with van der Waals surface area (Å²) in [6.45, 7) is 0. The van der Waals surface area contributed by atoms with Crippen LogP contribution in [-0.2, 0) is 0 Å². The standard InChI is InChI=1S/C15H11FN4O2/c16-10-6-2-3-7-11(10)17-19-14-13(18-20-15(14)22)9-5-1-4-8-12(9)21/h1-8,21H,(H2,18,20,22). The fourth-order valence-corrected chi connectivity index (χ4v) is 1.96. The maximum absolute atomic E-state index is 13.5. The van der Waals surface area contributed by atoms with Gasteiger partial charge < -0.3 is 5.11 Å². The summed E-state index contributed by atoms with van der Waals surface area (Å²) in [7, 11) is 0. The number of hydrogen-bond donors (Lipinski definition) is 3. The van der Waals surface area contributed by atoms with E-state index in [1.165, 1.54) is 24.3 Å². The molecule has 22 heavy (non-hydrogen) atoms. The van der Waals surface area contributed by atoms with Gasteiger partial charge in [0.1, 0.15) is 11.4 Å². The van der Waals surface area contributed by atoms with E-state index in [4.69, 9.17) is 0 Å². The van der Waals surface area contributed by atoms with Crippen LogP contribution >= 0.6 is 0 Å². The number of rotatable bonds is 3. The van der Waals surface area contributed by atoms with Gasteiger partial charge in [0, 0.05) is 5.56 Å². The van der Waals surface area contributed by atoms with Crippen LogP contribution in [0.5, 0.6) is 5.75 Å². The molecule has 0 aliphatic rings. The van der Waals surface area contributed by atoms with Crippen LogP contribution < -0.4 is 5.56 Å². The Balaban J connectivity index is 2.06. The highest BCUT2D eigenvalue weighted by Gasteiger charge is 2.14. The molecular weight excluding hydrogens is 287 g/mol. The highest BCUT2D eigenvalue weighted by Crippen LogP contribution is 2.32. The topological polar surface area (TPSA) is 93.6 Å². The van der Waals surface area contributed by atoms with Crippen molar-refractivity contribution >= 4 is 11.4 Å². The van der Waals surface area contributed by atoms with Crippen molar-refractivity contribution in [2.45, 2.75) is 0 Å². The van der Waals surface area contributed by atoms with Gasteiger partial charge in [0.15, 0.2) is 11.5 Å². The fourth-order valence-electron chi connectivity index (χ4n) is 1.96. The largest absolute Gasteiger partial charge is 0.507 e. The van der Waals surface area contributed by atoms with E-state index in [1.807, 2.05) is 0 Å². The molecule has 0 aliphatic heterocycles. The molecule has 1 heterocycles. The van der Waals surface area contributed by atoms with Crippen molar-refractivity contribution in [2.24, 2.45) is 10.2 Å². The van der Waals surface area contributed by atoms with Crippen molar-refractivity contribution in [3.8, 4) is 17.0 Å². The number of phenolic OH excluding ortho intramolecular Hbond substituents is 1. The van der Waals surface area contributed by atoms with E-state index in [0.717, 1.165) is 0 Å². The van der Waals surface area contributed by atoms with Gasteiger partial charge >= 0.3 is 0 Å². The van der Waals surface area contributed by atoms with Gasteiger partial charge in [0.2, 0.25) is 0 Å². The average Bonchev–Trinajstić information content (AvgIpc) is 2.88. The highest BCUT2D eigenvalue weighted by molar-refractivity contribution is 5.75. The Morgan fingerprint density at radius 1 is 0.955 bits per heavy atom. The second kappa shape index (κ2) is 5.65. The molecule has 0 amide bonds. The van der Waals surface area contributed by atoms with Gasteiger partial charge in [-0.25, -0.2) is 4.39 Å². The second-order valence-corrected chi connectivity index (χ2v) is 4.47. The Morgan fingerprint density at radius 2 is 1.68 bits per heavy atom. The van der Waals surface area contributed by atoms with E-state index >= 15 is 0 Å². The summed E-state index contributed by atoms with van der Waals surface area (Å²) in [6.07, 6.45) is 0. The lowest BCUT2D eigenvalue weighted by molar-refractivity contribution is 0.477. The lowest BCUT2D eigenvalue weighted by Gasteiger charge is -2.01. The molecule has 0 saturated heterocycles. The minimum atomic E-state index is -0.540. The van der Waals surface area contributed by atoms with E-state index in [-0.39, 0.29) is 22.8 Å². The molecule has 1 aromatic heterocycles. The number of nitrogens with zero attached hydrogens (tertiary/aromatic N) is 2. The van der Waals surface area contributed by atoms with E-state index in [2.05, 4.69) is 20.4 Å². The molecule has 3 N–H and O–H groups in total. The van der Waals surface area contributed by atoms with Crippen LogP contribution in [0.3, 0.4) is 0 Å². The molecule has 2 aromatic carbocycles. The first kappa shape index (κ1) is 13.7. The zero-order chi connectivity index (χ0) is 15.5. The van der Waals surface area contributed by atoms with Gasteiger partial charge in [-0.2, -0.15) is 0 Å². The number of benzene rings is 2. The summed E-state index contributed by atoms with van der Waals surface area (Å²) in [5.74, 6) is -0.553. The van der Waals surface area contributed by atoms with Crippen LogP contribution in [-0.4, -0.2) is 15.3 Å².